The number of allylic oxidation sites excluding steroid dienone is 1. The summed E-state index contributed by atoms with van der Waals surface area (Å²) in [5.74, 6) is 1.19. The summed E-state index contributed by atoms with van der Waals surface area (Å²) in [7, 11) is 4.53. The predicted octanol–water partition coefficient (Wildman–Crippen LogP) is 3.49. The third kappa shape index (κ3) is 5.48. The van der Waals surface area contributed by atoms with Gasteiger partial charge in [0.1, 0.15) is 6.07 Å². The van der Waals surface area contributed by atoms with E-state index < -0.39 is 12.0 Å². The van der Waals surface area contributed by atoms with Gasteiger partial charge in [0.05, 0.1) is 49.8 Å². The zero-order valence-corrected chi connectivity index (χ0v) is 24.8. The molecule has 0 radical (unpaired) electrons. The first-order valence-corrected chi connectivity index (χ1v) is 13.7. The van der Waals surface area contributed by atoms with Crippen molar-refractivity contribution in [2.75, 3.05) is 34.5 Å². The second kappa shape index (κ2) is 12.4. The van der Waals surface area contributed by atoms with Crippen LogP contribution in [0.15, 0.2) is 55.9 Å². The molecule has 10 nitrogen and oxygen atoms in total. The van der Waals surface area contributed by atoms with Crippen molar-refractivity contribution < 1.29 is 28.5 Å². The number of nitriles is 1. The Morgan fingerprint density at radius 1 is 1.12 bits per heavy atom. The minimum absolute atomic E-state index is 0.123. The van der Waals surface area contributed by atoms with Gasteiger partial charge in [0.25, 0.3) is 5.56 Å². The second-order valence-electron chi connectivity index (χ2n) is 8.39. The molecule has 0 saturated carbocycles. The number of carbonyl (C=O) groups excluding carboxylic acids is 1. The lowest BCUT2D eigenvalue weighted by Crippen LogP contribution is -2.40. The molecule has 0 N–H and O–H groups in total. The molecule has 0 fully saturated rings. The van der Waals surface area contributed by atoms with Crippen LogP contribution in [-0.4, -0.2) is 45.1 Å². The molecule has 0 aliphatic carbocycles. The number of nitrogens with zero attached hydrogens (tertiary/aromatic N) is 3. The van der Waals surface area contributed by atoms with Crippen LogP contribution in [0.5, 0.6) is 23.0 Å². The number of aromatic nitrogens is 1. The number of hydrogen-bond acceptors (Lipinski definition) is 10. The molecule has 1 atom stereocenters. The van der Waals surface area contributed by atoms with E-state index >= 15 is 0 Å². The zero-order chi connectivity index (χ0) is 29.0. The topological polar surface area (TPSA) is 121 Å². The number of carbonyl (C=O) groups is 1. The van der Waals surface area contributed by atoms with Gasteiger partial charge in [0, 0.05) is 4.47 Å². The van der Waals surface area contributed by atoms with E-state index in [1.54, 1.807) is 50.3 Å². The maximum Gasteiger partial charge on any atom is 0.338 e. The van der Waals surface area contributed by atoms with E-state index in [0.29, 0.717) is 53.6 Å². The van der Waals surface area contributed by atoms with E-state index in [2.05, 4.69) is 20.9 Å². The summed E-state index contributed by atoms with van der Waals surface area (Å²) in [5.41, 5.74) is 1.63. The normalized spacial score (nSPS) is 14.6. The molecule has 0 saturated heterocycles. The molecule has 0 amide bonds. The van der Waals surface area contributed by atoms with Gasteiger partial charge in [-0.2, -0.15) is 5.26 Å². The highest BCUT2D eigenvalue weighted by molar-refractivity contribution is 9.10. The maximum absolute atomic E-state index is 13.9. The quantitative estimate of drug-likeness (QED) is 0.331. The minimum Gasteiger partial charge on any atom is -0.493 e. The van der Waals surface area contributed by atoms with Crippen LogP contribution in [0.1, 0.15) is 31.0 Å². The molecule has 3 aromatic rings. The van der Waals surface area contributed by atoms with Gasteiger partial charge in [-0.25, -0.2) is 9.79 Å². The van der Waals surface area contributed by atoms with Crippen LogP contribution in [0, 0.1) is 11.3 Å². The lowest BCUT2D eigenvalue weighted by molar-refractivity contribution is -0.139. The average Bonchev–Trinajstić information content (AvgIpc) is 3.25. The number of hydrogen-bond donors (Lipinski definition) is 0. The monoisotopic (exact) mass is 627 g/mol. The van der Waals surface area contributed by atoms with Crippen LogP contribution in [0.4, 0.5) is 0 Å². The largest absolute Gasteiger partial charge is 0.493 e. The number of ether oxygens (including phenoxy) is 5. The molecule has 4 rings (SSSR count). The highest BCUT2D eigenvalue weighted by atomic mass is 79.9. The Morgan fingerprint density at radius 2 is 1.80 bits per heavy atom. The lowest BCUT2D eigenvalue weighted by atomic mass is 9.95. The van der Waals surface area contributed by atoms with Gasteiger partial charge >= 0.3 is 5.97 Å². The molecule has 1 aromatic heterocycles. The van der Waals surface area contributed by atoms with Crippen LogP contribution < -0.4 is 33.8 Å². The standard InChI is InChI=1S/C28H26BrN3O7S/c1-6-38-27(34)24-15(2)31-28-32(25(24)17-13-21(36-4)22(37-5)14-18(17)29)26(33)23(40-28)12-16-7-8-19(39-10-9-30)20(11-16)35-3/h7-8,11-14,25H,6,10H2,1-5H3/b23-12-/t25-/m0/s1. The summed E-state index contributed by atoms with van der Waals surface area (Å²) in [6.45, 7) is 3.48. The van der Waals surface area contributed by atoms with Gasteiger partial charge in [-0.15, -0.1) is 0 Å². The van der Waals surface area contributed by atoms with Crippen LogP contribution in [0.25, 0.3) is 6.08 Å². The van der Waals surface area contributed by atoms with Crippen molar-refractivity contribution in [3.63, 3.8) is 0 Å². The minimum atomic E-state index is -0.845. The lowest BCUT2D eigenvalue weighted by Gasteiger charge is -2.26. The fraction of sp³-hybridized carbons (Fsp3) is 0.286. The van der Waals surface area contributed by atoms with Gasteiger partial charge in [-0.05, 0) is 55.3 Å². The fourth-order valence-corrected chi connectivity index (χ4v) is 5.91. The van der Waals surface area contributed by atoms with Gasteiger partial charge in [-0.1, -0.05) is 33.3 Å². The number of benzene rings is 2. The highest BCUT2D eigenvalue weighted by Gasteiger charge is 2.35. The highest BCUT2D eigenvalue weighted by Crippen LogP contribution is 2.40. The Balaban J connectivity index is 1.94. The van der Waals surface area contributed by atoms with Crippen molar-refractivity contribution in [2.45, 2.75) is 19.9 Å². The van der Waals surface area contributed by atoms with Crippen molar-refractivity contribution >= 4 is 39.3 Å². The fourth-order valence-electron chi connectivity index (χ4n) is 4.32. The first-order valence-electron chi connectivity index (χ1n) is 12.1. The number of thiazole rings is 1. The molecule has 0 bridgehead atoms. The van der Waals surface area contributed by atoms with Gasteiger partial charge < -0.3 is 23.7 Å². The Morgan fingerprint density at radius 3 is 2.45 bits per heavy atom. The second-order valence-corrected chi connectivity index (χ2v) is 10.3. The van der Waals surface area contributed by atoms with Gasteiger partial charge in [0.15, 0.2) is 34.4 Å². The van der Waals surface area contributed by atoms with Crippen molar-refractivity contribution in [1.82, 2.24) is 4.57 Å². The summed E-state index contributed by atoms with van der Waals surface area (Å²) in [5, 5.41) is 8.81. The Bertz CT molecular complexity index is 1720. The molecular formula is C28H26BrN3O7S. The first-order chi connectivity index (χ1) is 19.3. The summed E-state index contributed by atoms with van der Waals surface area (Å²) < 4.78 is 29.6. The number of fused-ring (bicyclic) bond motifs is 1. The van der Waals surface area contributed by atoms with Crippen LogP contribution in [0.3, 0.4) is 0 Å². The van der Waals surface area contributed by atoms with Crippen LogP contribution >= 0.6 is 27.3 Å². The first kappa shape index (κ1) is 28.9. The maximum atomic E-state index is 13.9. The van der Waals surface area contributed by atoms with Crippen molar-refractivity contribution in [2.24, 2.45) is 4.99 Å². The van der Waals surface area contributed by atoms with Crippen molar-refractivity contribution in [3.8, 4) is 29.1 Å². The molecular weight excluding hydrogens is 602 g/mol. The molecule has 208 valence electrons. The molecule has 0 unspecified atom stereocenters. The summed E-state index contributed by atoms with van der Waals surface area (Å²) in [4.78, 5) is 32.2. The van der Waals surface area contributed by atoms with E-state index in [0.717, 1.165) is 0 Å². The van der Waals surface area contributed by atoms with Crippen molar-refractivity contribution in [3.05, 3.63) is 76.9 Å². The van der Waals surface area contributed by atoms with E-state index in [1.807, 2.05) is 6.07 Å². The van der Waals surface area contributed by atoms with E-state index in [-0.39, 0.29) is 24.3 Å². The molecule has 2 heterocycles. The number of halogens is 1. The van der Waals surface area contributed by atoms with Crippen LogP contribution in [-0.2, 0) is 9.53 Å². The van der Waals surface area contributed by atoms with Gasteiger partial charge in [-0.3, -0.25) is 9.36 Å². The average molecular weight is 629 g/mol. The smallest absolute Gasteiger partial charge is 0.338 e. The third-order valence-corrected chi connectivity index (χ3v) is 7.76. The SMILES string of the molecule is CCOC(=O)C1=C(C)N=c2s/c(=C\c3ccc(OCC#N)c(OC)c3)c(=O)n2[C@H]1c1cc(OC)c(OC)cc1Br. The van der Waals surface area contributed by atoms with Crippen molar-refractivity contribution in [1.29, 1.82) is 5.26 Å². The van der Waals surface area contributed by atoms with E-state index in [4.69, 9.17) is 28.9 Å². The molecule has 12 heteroatoms. The number of esters is 1. The third-order valence-electron chi connectivity index (χ3n) is 6.09. The van der Waals surface area contributed by atoms with E-state index in [9.17, 15) is 9.59 Å². The molecule has 1 aliphatic heterocycles. The zero-order valence-electron chi connectivity index (χ0n) is 22.4. The number of methoxy groups -OCH3 is 3. The molecule has 0 spiro atoms. The summed E-state index contributed by atoms with van der Waals surface area (Å²) in [6.07, 6.45) is 1.71. The molecule has 1 aliphatic rings. The van der Waals surface area contributed by atoms with Crippen LogP contribution in [0.2, 0.25) is 0 Å². The summed E-state index contributed by atoms with van der Waals surface area (Å²) in [6, 6.07) is 9.67. The van der Waals surface area contributed by atoms with E-state index in [1.165, 1.54) is 37.2 Å². The molecule has 2 aromatic carbocycles. The predicted molar refractivity (Wildman–Crippen MR) is 152 cm³/mol. The Hall–Kier alpha value is -4.08. The number of rotatable bonds is 9. The van der Waals surface area contributed by atoms with Gasteiger partial charge in [0.2, 0.25) is 0 Å². The molecule has 40 heavy (non-hydrogen) atoms. The Kier molecular flexibility index (Phi) is 8.96. The summed E-state index contributed by atoms with van der Waals surface area (Å²) >= 11 is 4.79. The Labute approximate surface area is 242 Å².